The smallest absolute Gasteiger partial charge is 0.328 e. The van der Waals surface area contributed by atoms with Crippen molar-refractivity contribution in [3.05, 3.63) is 39.8 Å². The van der Waals surface area contributed by atoms with E-state index in [0.717, 1.165) is 9.86 Å². The maximum Gasteiger partial charge on any atom is 0.328 e. The summed E-state index contributed by atoms with van der Waals surface area (Å²) in [7, 11) is 1.60. The Bertz CT molecular complexity index is 701. The molecule has 0 unspecified atom stereocenters. The molecule has 2 aromatic rings. The standard InChI is InChI=1S/C15H14BrNO5S/c1-20-6-7-21-11-4-2-10(3-5-14(18)19)12(8-11)22-15-17-9-13(16)23-15/h2-5,8-9H,6-7H2,1H3,(H,18,19). The highest BCUT2D eigenvalue weighted by molar-refractivity contribution is 9.11. The summed E-state index contributed by atoms with van der Waals surface area (Å²) in [6.07, 6.45) is 4.14. The second kappa shape index (κ2) is 8.66. The molecular weight excluding hydrogens is 386 g/mol. The first kappa shape index (κ1) is 17.5. The maximum atomic E-state index is 10.7. The Kier molecular flexibility index (Phi) is 6.57. The minimum atomic E-state index is -1.03. The lowest BCUT2D eigenvalue weighted by atomic mass is 10.1. The van der Waals surface area contributed by atoms with Crippen LogP contribution in [-0.4, -0.2) is 36.4 Å². The monoisotopic (exact) mass is 399 g/mol. The van der Waals surface area contributed by atoms with Crippen molar-refractivity contribution in [3.63, 3.8) is 0 Å². The van der Waals surface area contributed by atoms with Crippen LogP contribution < -0.4 is 9.47 Å². The number of hydrogen-bond acceptors (Lipinski definition) is 6. The van der Waals surface area contributed by atoms with Crippen LogP contribution in [0.5, 0.6) is 16.7 Å². The number of thiazole rings is 1. The van der Waals surface area contributed by atoms with Gasteiger partial charge in [-0.25, -0.2) is 9.78 Å². The molecule has 0 spiro atoms. The molecule has 0 aliphatic heterocycles. The highest BCUT2D eigenvalue weighted by atomic mass is 79.9. The van der Waals surface area contributed by atoms with E-state index < -0.39 is 5.97 Å². The van der Waals surface area contributed by atoms with Gasteiger partial charge in [0.2, 0.25) is 0 Å². The van der Waals surface area contributed by atoms with Crippen LogP contribution in [0.1, 0.15) is 5.56 Å². The van der Waals surface area contributed by atoms with Crippen molar-refractivity contribution < 1.29 is 24.1 Å². The van der Waals surface area contributed by atoms with Gasteiger partial charge in [0, 0.05) is 24.8 Å². The Hall–Kier alpha value is -1.90. The van der Waals surface area contributed by atoms with Crippen LogP contribution in [0.3, 0.4) is 0 Å². The Morgan fingerprint density at radius 3 is 2.91 bits per heavy atom. The molecule has 23 heavy (non-hydrogen) atoms. The number of aromatic nitrogens is 1. The first-order valence-electron chi connectivity index (χ1n) is 6.54. The van der Waals surface area contributed by atoms with Gasteiger partial charge < -0.3 is 19.3 Å². The average molecular weight is 400 g/mol. The Balaban J connectivity index is 2.24. The number of halogens is 1. The summed E-state index contributed by atoms with van der Waals surface area (Å²) in [6.45, 7) is 0.874. The Labute approximate surface area is 145 Å². The van der Waals surface area contributed by atoms with E-state index in [2.05, 4.69) is 20.9 Å². The normalized spacial score (nSPS) is 10.9. The molecule has 6 nitrogen and oxygen atoms in total. The number of ether oxygens (including phenoxy) is 3. The van der Waals surface area contributed by atoms with Crippen LogP contribution in [0.4, 0.5) is 0 Å². The van der Waals surface area contributed by atoms with Crippen LogP contribution in [-0.2, 0) is 9.53 Å². The quantitative estimate of drug-likeness (QED) is 0.536. The van der Waals surface area contributed by atoms with E-state index in [1.54, 1.807) is 31.5 Å². The predicted molar refractivity (Wildman–Crippen MR) is 90.4 cm³/mol. The fourth-order valence-corrected chi connectivity index (χ4v) is 2.64. The number of aliphatic carboxylic acids is 1. The number of carboxylic acid groups (broad SMARTS) is 1. The van der Waals surface area contributed by atoms with E-state index in [1.165, 1.54) is 17.4 Å². The number of carboxylic acids is 1. The number of benzene rings is 1. The summed E-state index contributed by atoms with van der Waals surface area (Å²) in [5, 5.41) is 9.21. The van der Waals surface area contributed by atoms with E-state index in [-0.39, 0.29) is 0 Å². The summed E-state index contributed by atoms with van der Waals surface area (Å²) >= 11 is 4.64. The van der Waals surface area contributed by atoms with Gasteiger partial charge in [-0.1, -0.05) is 11.3 Å². The van der Waals surface area contributed by atoms with Gasteiger partial charge in [0.15, 0.2) is 0 Å². The molecule has 1 aromatic heterocycles. The summed E-state index contributed by atoms with van der Waals surface area (Å²) in [5.41, 5.74) is 0.609. The molecule has 8 heteroatoms. The number of hydrogen-bond donors (Lipinski definition) is 1. The molecule has 2 rings (SSSR count). The lowest BCUT2D eigenvalue weighted by Crippen LogP contribution is -2.04. The Morgan fingerprint density at radius 2 is 2.26 bits per heavy atom. The molecule has 0 saturated heterocycles. The fourth-order valence-electron chi connectivity index (χ4n) is 1.62. The van der Waals surface area contributed by atoms with Crippen LogP contribution in [0.25, 0.3) is 6.08 Å². The van der Waals surface area contributed by atoms with Gasteiger partial charge in [0.05, 0.1) is 16.6 Å². The fraction of sp³-hybridized carbons (Fsp3) is 0.200. The number of nitrogens with zero attached hydrogens (tertiary/aromatic N) is 1. The van der Waals surface area contributed by atoms with Gasteiger partial charge in [-0.15, -0.1) is 0 Å². The summed E-state index contributed by atoms with van der Waals surface area (Å²) in [6, 6.07) is 5.15. The van der Waals surface area contributed by atoms with Crippen LogP contribution in [0.2, 0.25) is 0 Å². The topological polar surface area (TPSA) is 77.9 Å². The average Bonchev–Trinajstić information content (AvgIpc) is 2.92. The third-order valence-electron chi connectivity index (χ3n) is 2.60. The molecular formula is C15H14BrNO5S. The molecule has 1 aromatic carbocycles. The molecule has 1 heterocycles. The number of rotatable bonds is 8. The van der Waals surface area contributed by atoms with Gasteiger partial charge in [-0.3, -0.25) is 0 Å². The van der Waals surface area contributed by atoms with Crippen LogP contribution in [0, 0.1) is 0 Å². The molecule has 0 aliphatic carbocycles. The summed E-state index contributed by atoms with van der Waals surface area (Å²) in [4.78, 5) is 14.8. The zero-order chi connectivity index (χ0) is 16.7. The SMILES string of the molecule is COCCOc1ccc(C=CC(=O)O)c(Oc2ncc(Br)s2)c1. The zero-order valence-corrected chi connectivity index (χ0v) is 14.6. The molecule has 1 N–H and O–H groups in total. The van der Waals surface area contributed by atoms with E-state index in [9.17, 15) is 4.79 Å². The number of methoxy groups -OCH3 is 1. The highest BCUT2D eigenvalue weighted by Crippen LogP contribution is 2.34. The zero-order valence-electron chi connectivity index (χ0n) is 12.2. The third kappa shape index (κ3) is 5.66. The van der Waals surface area contributed by atoms with Crippen molar-refractivity contribution >= 4 is 39.3 Å². The minimum absolute atomic E-state index is 0.406. The first-order valence-corrected chi connectivity index (χ1v) is 8.15. The van der Waals surface area contributed by atoms with Crippen molar-refractivity contribution in [2.75, 3.05) is 20.3 Å². The molecule has 122 valence electrons. The molecule has 0 fully saturated rings. The van der Waals surface area contributed by atoms with Gasteiger partial charge in [0.25, 0.3) is 5.19 Å². The third-order valence-corrected chi connectivity index (χ3v) is 3.95. The van der Waals surface area contributed by atoms with Crippen LogP contribution >= 0.6 is 27.3 Å². The summed E-state index contributed by atoms with van der Waals surface area (Å²) < 4.78 is 17.0. The lowest BCUT2D eigenvalue weighted by molar-refractivity contribution is -0.131. The van der Waals surface area contributed by atoms with Crippen molar-refractivity contribution in [2.45, 2.75) is 0 Å². The van der Waals surface area contributed by atoms with Gasteiger partial charge in [-0.05, 0) is 34.1 Å². The van der Waals surface area contributed by atoms with E-state index >= 15 is 0 Å². The van der Waals surface area contributed by atoms with Gasteiger partial charge >= 0.3 is 5.97 Å². The molecule has 0 aliphatic rings. The van der Waals surface area contributed by atoms with Crippen LogP contribution in [0.15, 0.2) is 34.3 Å². The van der Waals surface area contributed by atoms with Crippen molar-refractivity contribution in [1.29, 1.82) is 0 Å². The molecule has 0 amide bonds. The summed E-state index contributed by atoms with van der Waals surface area (Å²) in [5.74, 6) is 0.0211. The minimum Gasteiger partial charge on any atom is -0.491 e. The second-order valence-corrected chi connectivity index (χ2v) is 6.62. The van der Waals surface area contributed by atoms with E-state index in [1.807, 2.05) is 0 Å². The van der Waals surface area contributed by atoms with E-state index in [4.69, 9.17) is 19.3 Å². The second-order valence-electron chi connectivity index (χ2n) is 4.24. The molecule has 0 atom stereocenters. The maximum absolute atomic E-state index is 10.7. The first-order chi connectivity index (χ1) is 11.1. The number of carbonyl (C=O) groups is 1. The van der Waals surface area contributed by atoms with Gasteiger partial charge in [0.1, 0.15) is 18.1 Å². The van der Waals surface area contributed by atoms with Crippen molar-refractivity contribution in [2.24, 2.45) is 0 Å². The predicted octanol–water partition coefficient (Wildman–Crippen LogP) is 3.82. The van der Waals surface area contributed by atoms with Crippen molar-refractivity contribution in [3.8, 4) is 16.7 Å². The molecule has 0 bridgehead atoms. The molecule has 0 radical (unpaired) electrons. The molecule has 0 saturated carbocycles. The van der Waals surface area contributed by atoms with E-state index in [0.29, 0.717) is 35.5 Å². The van der Waals surface area contributed by atoms with Crippen molar-refractivity contribution in [1.82, 2.24) is 4.98 Å². The van der Waals surface area contributed by atoms with Gasteiger partial charge in [-0.2, -0.15) is 0 Å². The lowest BCUT2D eigenvalue weighted by Gasteiger charge is -2.10. The largest absolute Gasteiger partial charge is 0.491 e. The highest BCUT2D eigenvalue weighted by Gasteiger charge is 2.09. The Morgan fingerprint density at radius 1 is 1.43 bits per heavy atom.